The highest BCUT2D eigenvalue weighted by molar-refractivity contribution is 5.54. The monoisotopic (exact) mass is 279 g/mol. The van der Waals surface area contributed by atoms with Gasteiger partial charge in [-0.25, -0.2) is 0 Å². The summed E-state index contributed by atoms with van der Waals surface area (Å²) in [4.78, 5) is 2.28. The Morgan fingerprint density at radius 2 is 2.10 bits per heavy atom. The zero-order valence-corrected chi connectivity index (χ0v) is 12.3. The van der Waals surface area contributed by atoms with Gasteiger partial charge in [-0.2, -0.15) is 0 Å². The highest BCUT2D eigenvalue weighted by Crippen LogP contribution is 2.26. The van der Waals surface area contributed by atoms with E-state index < -0.39 is 6.10 Å². The molecule has 2 rings (SSSR count). The SMILES string of the molecule is COCCOCC(O)CN1CCCCc2ccccc21. The van der Waals surface area contributed by atoms with Crippen molar-refractivity contribution in [2.24, 2.45) is 0 Å². The quantitative estimate of drug-likeness (QED) is 0.774. The van der Waals surface area contributed by atoms with Gasteiger partial charge in [-0.15, -0.1) is 0 Å². The predicted octanol–water partition coefficient (Wildman–Crippen LogP) is 1.85. The Balaban J connectivity index is 1.88. The number of aryl methyl sites for hydroxylation is 1. The van der Waals surface area contributed by atoms with Gasteiger partial charge in [0.1, 0.15) is 0 Å². The highest BCUT2D eigenvalue weighted by Gasteiger charge is 2.17. The molecule has 1 N–H and O–H groups in total. The lowest BCUT2D eigenvalue weighted by atomic mass is 10.1. The second-order valence-corrected chi connectivity index (χ2v) is 5.25. The van der Waals surface area contributed by atoms with Crippen molar-refractivity contribution in [2.75, 3.05) is 44.9 Å². The van der Waals surface area contributed by atoms with Crippen molar-refractivity contribution in [1.82, 2.24) is 0 Å². The third kappa shape index (κ3) is 4.47. The van der Waals surface area contributed by atoms with Gasteiger partial charge in [0.25, 0.3) is 0 Å². The number of aliphatic hydroxyl groups excluding tert-OH is 1. The lowest BCUT2D eigenvalue weighted by Gasteiger charge is -2.27. The average molecular weight is 279 g/mol. The Kier molecular flexibility index (Phi) is 6.30. The van der Waals surface area contributed by atoms with Gasteiger partial charge >= 0.3 is 0 Å². The van der Waals surface area contributed by atoms with E-state index in [1.54, 1.807) is 7.11 Å². The van der Waals surface area contributed by atoms with E-state index in [9.17, 15) is 5.11 Å². The first-order valence-electron chi connectivity index (χ1n) is 7.39. The largest absolute Gasteiger partial charge is 0.389 e. The Morgan fingerprint density at radius 1 is 1.25 bits per heavy atom. The zero-order valence-electron chi connectivity index (χ0n) is 12.3. The van der Waals surface area contributed by atoms with Crippen LogP contribution in [0.1, 0.15) is 18.4 Å². The second-order valence-electron chi connectivity index (χ2n) is 5.25. The minimum atomic E-state index is -0.460. The van der Waals surface area contributed by atoms with Crippen molar-refractivity contribution < 1.29 is 14.6 Å². The van der Waals surface area contributed by atoms with Crippen molar-refractivity contribution in [3.05, 3.63) is 29.8 Å². The molecule has 0 bridgehead atoms. The summed E-state index contributed by atoms with van der Waals surface area (Å²) in [6.07, 6.45) is 3.06. The first-order valence-corrected chi connectivity index (χ1v) is 7.39. The lowest BCUT2D eigenvalue weighted by molar-refractivity contribution is 0.0161. The number of rotatable bonds is 7. The minimum absolute atomic E-state index is 0.363. The van der Waals surface area contributed by atoms with E-state index in [-0.39, 0.29) is 0 Å². The number of methoxy groups -OCH3 is 1. The van der Waals surface area contributed by atoms with Gasteiger partial charge in [-0.3, -0.25) is 0 Å². The molecule has 0 saturated carbocycles. The Morgan fingerprint density at radius 3 is 2.95 bits per heavy atom. The summed E-state index contributed by atoms with van der Waals surface area (Å²) in [6.45, 7) is 3.10. The molecule has 1 aromatic carbocycles. The van der Waals surface area contributed by atoms with Crippen LogP contribution in [0.2, 0.25) is 0 Å². The number of β-amino-alcohol motifs (C(OH)–C–C–N with tert-alkyl or cyclic N) is 1. The molecule has 0 amide bonds. The van der Waals surface area contributed by atoms with Gasteiger partial charge in [0.2, 0.25) is 0 Å². The van der Waals surface area contributed by atoms with Crippen LogP contribution in [0.15, 0.2) is 24.3 Å². The third-order valence-corrected chi connectivity index (χ3v) is 3.63. The van der Waals surface area contributed by atoms with E-state index >= 15 is 0 Å². The summed E-state index contributed by atoms with van der Waals surface area (Å²) in [5.74, 6) is 0. The van der Waals surface area contributed by atoms with E-state index in [2.05, 4.69) is 29.2 Å². The molecule has 4 heteroatoms. The molecule has 0 radical (unpaired) electrons. The molecule has 1 atom stereocenters. The van der Waals surface area contributed by atoms with Crippen LogP contribution < -0.4 is 4.90 Å². The Labute approximate surface area is 121 Å². The number of para-hydroxylation sites is 1. The summed E-state index contributed by atoms with van der Waals surface area (Å²) in [5, 5.41) is 10.1. The van der Waals surface area contributed by atoms with Gasteiger partial charge in [-0.1, -0.05) is 18.2 Å². The normalized spacial score (nSPS) is 16.6. The van der Waals surface area contributed by atoms with Crippen molar-refractivity contribution >= 4 is 5.69 Å². The number of benzene rings is 1. The van der Waals surface area contributed by atoms with Crippen LogP contribution in [0.25, 0.3) is 0 Å². The van der Waals surface area contributed by atoms with Gasteiger partial charge in [-0.05, 0) is 30.9 Å². The number of aliphatic hydroxyl groups is 1. The molecule has 1 aliphatic rings. The van der Waals surface area contributed by atoms with Crippen molar-refractivity contribution in [3.8, 4) is 0 Å². The lowest BCUT2D eigenvalue weighted by Crippen LogP contribution is -2.35. The standard InChI is InChI=1S/C16H25NO3/c1-19-10-11-20-13-15(18)12-17-9-5-4-7-14-6-2-3-8-16(14)17/h2-3,6,8,15,18H,4-5,7,9-13H2,1H3. The number of anilines is 1. The summed E-state index contributed by atoms with van der Waals surface area (Å²) >= 11 is 0. The first kappa shape index (κ1) is 15.3. The van der Waals surface area contributed by atoms with Crippen LogP contribution in [0, 0.1) is 0 Å². The van der Waals surface area contributed by atoms with Crippen LogP contribution in [0.3, 0.4) is 0 Å². The number of fused-ring (bicyclic) bond motifs is 1. The third-order valence-electron chi connectivity index (χ3n) is 3.63. The summed E-state index contributed by atoms with van der Waals surface area (Å²) in [5.41, 5.74) is 2.65. The van der Waals surface area contributed by atoms with Crippen molar-refractivity contribution in [1.29, 1.82) is 0 Å². The molecule has 1 unspecified atom stereocenters. The molecule has 1 aromatic rings. The summed E-state index contributed by atoms with van der Waals surface area (Å²) < 4.78 is 10.3. The van der Waals surface area contributed by atoms with E-state index in [1.807, 2.05) is 0 Å². The molecule has 1 aliphatic heterocycles. The molecule has 0 saturated heterocycles. The van der Waals surface area contributed by atoms with Gasteiger partial charge in [0.05, 0.1) is 25.9 Å². The van der Waals surface area contributed by atoms with Crippen LogP contribution in [0.5, 0.6) is 0 Å². The van der Waals surface area contributed by atoms with E-state index in [0.717, 1.165) is 13.0 Å². The smallest absolute Gasteiger partial charge is 0.0948 e. The van der Waals surface area contributed by atoms with Gasteiger partial charge in [0.15, 0.2) is 0 Å². The van der Waals surface area contributed by atoms with Crippen LogP contribution in [-0.4, -0.2) is 51.2 Å². The molecule has 0 aliphatic carbocycles. The molecule has 0 fully saturated rings. The first-order chi connectivity index (χ1) is 9.81. The predicted molar refractivity (Wildman–Crippen MR) is 80.3 cm³/mol. The number of nitrogens with zero attached hydrogens (tertiary/aromatic N) is 1. The molecular formula is C16H25NO3. The second kappa shape index (κ2) is 8.25. The molecule has 20 heavy (non-hydrogen) atoms. The van der Waals surface area contributed by atoms with E-state index in [1.165, 1.54) is 24.1 Å². The van der Waals surface area contributed by atoms with Crippen LogP contribution in [0.4, 0.5) is 5.69 Å². The molecular weight excluding hydrogens is 254 g/mol. The van der Waals surface area contributed by atoms with Gasteiger partial charge in [0, 0.05) is 25.9 Å². The van der Waals surface area contributed by atoms with Crippen LogP contribution in [-0.2, 0) is 15.9 Å². The van der Waals surface area contributed by atoms with Crippen molar-refractivity contribution in [2.45, 2.75) is 25.4 Å². The summed E-state index contributed by atoms with van der Waals surface area (Å²) in [6, 6.07) is 8.50. The fourth-order valence-corrected chi connectivity index (χ4v) is 2.63. The van der Waals surface area contributed by atoms with Crippen molar-refractivity contribution in [3.63, 3.8) is 0 Å². The topological polar surface area (TPSA) is 41.9 Å². The fourth-order valence-electron chi connectivity index (χ4n) is 2.63. The molecule has 0 aromatic heterocycles. The van der Waals surface area contributed by atoms with E-state index in [0.29, 0.717) is 26.4 Å². The molecule has 0 spiro atoms. The number of hydrogen-bond acceptors (Lipinski definition) is 4. The number of hydrogen-bond donors (Lipinski definition) is 1. The van der Waals surface area contributed by atoms with Gasteiger partial charge < -0.3 is 19.5 Å². The fraction of sp³-hybridized carbons (Fsp3) is 0.625. The molecule has 4 nitrogen and oxygen atoms in total. The summed E-state index contributed by atoms with van der Waals surface area (Å²) in [7, 11) is 1.65. The average Bonchev–Trinajstić information content (AvgIpc) is 2.67. The zero-order chi connectivity index (χ0) is 14.2. The molecule has 112 valence electrons. The maximum atomic E-state index is 10.1. The van der Waals surface area contributed by atoms with E-state index in [4.69, 9.17) is 9.47 Å². The Hall–Kier alpha value is -1.10. The maximum Gasteiger partial charge on any atom is 0.0948 e. The minimum Gasteiger partial charge on any atom is -0.389 e. The Bertz CT molecular complexity index is 397. The number of ether oxygens (including phenoxy) is 2. The molecule has 1 heterocycles. The highest BCUT2D eigenvalue weighted by atomic mass is 16.5. The van der Waals surface area contributed by atoms with Crippen LogP contribution >= 0.6 is 0 Å². The maximum absolute atomic E-state index is 10.1.